The van der Waals surface area contributed by atoms with Gasteiger partial charge in [0.1, 0.15) is 0 Å². The second-order valence-corrected chi connectivity index (χ2v) is 4.83. The van der Waals surface area contributed by atoms with E-state index in [1.807, 2.05) is 0 Å². The van der Waals surface area contributed by atoms with Gasteiger partial charge in [-0.05, 0) is 54.4 Å². The third-order valence-electron chi connectivity index (χ3n) is 3.89. The van der Waals surface area contributed by atoms with Crippen molar-refractivity contribution in [2.45, 2.75) is 44.9 Å². The van der Waals surface area contributed by atoms with Crippen molar-refractivity contribution in [2.75, 3.05) is 0 Å². The van der Waals surface area contributed by atoms with Gasteiger partial charge in [-0.1, -0.05) is 31.2 Å². The molecule has 0 radical (unpaired) electrons. The molecule has 1 aromatic rings. The van der Waals surface area contributed by atoms with Gasteiger partial charge in [0.25, 0.3) is 0 Å². The van der Waals surface area contributed by atoms with Crippen LogP contribution in [0.15, 0.2) is 18.2 Å². The van der Waals surface area contributed by atoms with Crippen LogP contribution in [0, 0.1) is 0 Å². The quantitative estimate of drug-likeness (QED) is 0.648. The minimum Gasteiger partial charge on any atom is -0.0764 e. The predicted octanol–water partition coefficient (Wildman–Crippen LogP) is 4.08. The Labute approximate surface area is 117 Å². The Balaban J connectivity index is 0.000000963. The maximum Gasteiger partial charge on any atom is 0.00247 e. The van der Waals surface area contributed by atoms with Crippen molar-refractivity contribution in [1.29, 1.82) is 0 Å². The molecular formula is C15H18Hf. The fourth-order valence-corrected chi connectivity index (χ4v) is 2.97. The Kier molecular flexibility index (Phi) is 3.84. The summed E-state index contributed by atoms with van der Waals surface area (Å²) >= 11 is 0. The number of aryl methyl sites for hydroxylation is 2. The van der Waals surface area contributed by atoms with Crippen LogP contribution in [0.2, 0.25) is 0 Å². The summed E-state index contributed by atoms with van der Waals surface area (Å²) in [6, 6.07) is 4.92. The average Bonchev–Trinajstić information content (AvgIpc) is 2.68. The van der Waals surface area contributed by atoms with Crippen molar-refractivity contribution >= 4 is 6.08 Å². The van der Waals surface area contributed by atoms with Crippen LogP contribution in [0.1, 0.15) is 54.4 Å². The van der Waals surface area contributed by atoms with Gasteiger partial charge < -0.3 is 0 Å². The van der Waals surface area contributed by atoms with Crippen molar-refractivity contribution in [3.05, 3.63) is 40.5 Å². The first-order valence-electron chi connectivity index (χ1n) is 6.22. The number of hydrogen-bond acceptors (Lipinski definition) is 0. The molecule has 2 aliphatic rings. The molecule has 0 N–H and O–H groups in total. The third kappa shape index (κ3) is 1.99. The van der Waals surface area contributed by atoms with Gasteiger partial charge in [-0.25, -0.2) is 0 Å². The minimum atomic E-state index is 0. The molecule has 1 atom stereocenters. The van der Waals surface area contributed by atoms with Crippen LogP contribution in [-0.2, 0) is 38.7 Å². The summed E-state index contributed by atoms with van der Waals surface area (Å²) in [5, 5.41) is 0. The van der Waals surface area contributed by atoms with Gasteiger partial charge in [0, 0.05) is 31.8 Å². The van der Waals surface area contributed by atoms with Gasteiger partial charge in [-0.2, -0.15) is 0 Å². The molecule has 0 fully saturated rings. The SMILES string of the molecule is CCC1C=Cc2cc3c(cc21)CCCC3.[Hf]. The molecule has 1 aromatic carbocycles. The summed E-state index contributed by atoms with van der Waals surface area (Å²) in [6.07, 6.45) is 11.3. The van der Waals surface area contributed by atoms with Crippen molar-refractivity contribution < 1.29 is 25.8 Å². The van der Waals surface area contributed by atoms with Crippen LogP contribution in [0.5, 0.6) is 0 Å². The van der Waals surface area contributed by atoms with Crippen LogP contribution < -0.4 is 0 Å². The normalized spacial score (nSPS) is 21.2. The standard InChI is InChI=1S/C15H18.Hf/c1-2-11-7-8-14-9-12-5-3-4-6-13(12)10-15(11)14;/h7-11H,2-6H2,1H3;. The van der Waals surface area contributed by atoms with E-state index < -0.39 is 0 Å². The topological polar surface area (TPSA) is 0 Å². The Morgan fingerprint density at radius 2 is 1.81 bits per heavy atom. The van der Waals surface area contributed by atoms with Crippen LogP contribution in [0.25, 0.3) is 6.08 Å². The van der Waals surface area contributed by atoms with Gasteiger partial charge in [-0.15, -0.1) is 0 Å². The van der Waals surface area contributed by atoms with E-state index in [0.29, 0.717) is 5.92 Å². The molecule has 0 saturated carbocycles. The number of rotatable bonds is 1. The molecule has 0 bridgehead atoms. The fraction of sp³-hybridized carbons (Fsp3) is 0.467. The van der Waals surface area contributed by atoms with E-state index in [0.717, 1.165) is 0 Å². The predicted molar refractivity (Wildman–Crippen MR) is 65.2 cm³/mol. The molecule has 0 spiro atoms. The molecule has 0 aromatic heterocycles. The van der Waals surface area contributed by atoms with Gasteiger partial charge in [0.05, 0.1) is 0 Å². The van der Waals surface area contributed by atoms with Crippen LogP contribution in [0.4, 0.5) is 0 Å². The van der Waals surface area contributed by atoms with Gasteiger partial charge in [-0.3, -0.25) is 0 Å². The Hall–Kier alpha value is -0.170. The third-order valence-corrected chi connectivity index (χ3v) is 3.89. The second kappa shape index (κ2) is 5.00. The van der Waals surface area contributed by atoms with Crippen LogP contribution in [-0.4, -0.2) is 0 Å². The van der Waals surface area contributed by atoms with Crippen molar-refractivity contribution in [1.82, 2.24) is 0 Å². The molecular weight excluding hydrogens is 359 g/mol. The summed E-state index contributed by atoms with van der Waals surface area (Å²) < 4.78 is 0. The maximum atomic E-state index is 2.48. The van der Waals surface area contributed by atoms with Crippen molar-refractivity contribution in [3.63, 3.8) is 0 Å². The minimum absolute atomic E-state index is 0. The van der Waals surface area contributed by atoms with E-state index in [-0.39, 0.29) is 25.8 Å². The van der Waals surface area contributed by atoms with E-state index >= 15 is 0 Å². The molecule has 3 rings (SSSR count). The molecule has 0 aliphatic heterocycles. The van der Waals surface area contributed by atoms with E-state index in [1.165, 1.54) is 37.7 Å². The number of fused-ring (bicyclic) bond motifs is 2. The summed E-state index contributed by atoms with van der Waals surface area (Å²) in [7, 11) is 0. The molecule has 1 heteroatoms. The Morgan fingerprint density at radius 1 is 1.12 bits per heavy atom. The summed E-state index contributed by atoms with van der Waals surface area (Å²) in [6.45, 7) is 2.28. The first-order valence-corrected chi connectivity index (χ1v) is 6.22. The molecule has 2 aliphatic carbocycles. The van der Waals surface area contributed by atoms with Gasteiger partial charge in [0.2, 0.25) is 0 Å². The van der Waals surface area contributed by atoms with Gasteiger partial charge in [0.15, 0.2) is 0 Å². The number of hydrogen-bond donors (Lipinski definition) is 0. The van der Waals surface area contributed by atoms with E-state index in [2.05, 4.69) is 31.2 Å². The molecule has 0 saturated heterocycles. The van der Waals surface area contributed by atoms with Crippen molar-refractivity contribution in [3.8, 4) is 0 Å². The smallest absolute Gasteiger partial charge is 0.00247 e. The summed E-state index contributed by atoms with van der Waals surface area (Å²) in [5.41, 5.74) is 6.31. The van der Waals surface area contributed by atoms with Crippen LogP contribution in [0.3, 0.4) is 0 Å². The number of benzene rings is 1. The monoisotopic (exact) mass is 378 g/mol. The zero-order valence-electron chi connectivity index (χ0n) is 9.92. The second-order valence-electron chi connectivity index (χ2n) is 4.83. The summed E-state index contributed by atoms with van der Waals surface area (Å²) in [5.74, 6) is 0.687. The van der Waals surface area contributed by atoms with Crippen molar-refractivity contribution in [2.24, 2.45) is 0 Å². The number of allylic oxidation sites excluding steroid dienone is 1. The van der Waals surface area contributed by atoms with E-state index in [9.17, 15) is 0 Å². The Morgan fingerprint density at radius 3 is 2.50 bits per heavy atom. The summed E-state index contributed by atoms with van der Waals surface area (Å²) in [4.78, 5) is 0. The van der Waals surface area contributed by atoms with Gasteiger partial charge >= 0.3 is 0 Å². The molecule has 16 heavy (non-hydrogen) atoms. The van der Waals surface area contributed by atoms with Crippen LogP contribution >= 0.6 is 0 Å². The zero-order chi connectivity index (χ0) is 10.3. The van der Waals surface area contributed by atoms with E-state index in [1.54, 1.807) is 16.7 Å². The first kappa shape index (κ1) is 12.3. The Bertz CT molecular complexity index is 418. The molecule has 1 unspecified atom stereocenters. The molecule has 0 heterocycles. The first-order chi connectivity index (χ1) is 7.38. The largest absolute Gasteiger partial charge is 0.0764 e. The average molecular weight is 377 g/mol. The maximum absolute atomic E-state index is 2.48. The molecule has 0 amide bonds. The molecule has 0 nitrogen and oxygen atoms in total. The zero-order valence-corrected chi connectivity index (χ0v) is 13.5. The van der Waals surface area contributed by atoms with E-state index in [4.69, 9.17) is 0 Å². The molecule has 82 valence electrons. The fourth-order valence-electron chi connectivity index (χ4n) is 2.97.